The monoisotopic (exact) mass is 496 g/mol. The SMILES string of the molecule is COc1cc(C(=O)N2CCC(c3ccc(N)nn3)CC2)ncc1-c1ccc(OCC2CC2(F)F)nc1. The molecule has 1 aliphatic carbocycles. The van der Waals surface area contributed by atoms with Crippen molar-refractivity contribution in [3.63, 3.8) is 0 Å². The number of amides is 1. The number of rotatable bonds is 7. The summed E-state index contributed by atoms with van der Waals surface area (Å²) < 4.78 is 36.9. The van der Waals surface area contributed by atoms with Gasteiger partial charge in [0.2, 0.25) is 5.88 Å². The lowest BCUT2D eigenvalue weighted by atomic mass is 9.93. The molecule has 11 heteroatoms. The predicted molar refractivity (Wildman–Crippen MR) is 127 cm³/mol. The van der Waals surface area contributed by atoms with Gasteiger partial charge >= 0.3 is 0 Å². The van der Waals surface area contributed by atoms with E-state index in [9.17, 15) is 13.6 Å². The summed E-state index contributed by atoms with van der Waals surface area (Å²) >= 11 is 0. The van der Waals surface area contributed by atoms with E-state index in [0.717, 1.165) is 18.5 Å². The molecule has 1 unspecified atom stereocenters. The van der Waals surface area contributed by atoms with Crippen molar-refractivity contribution < 1.29 is 23.0 Å². The normalized spacial score (nSPS) is 19.1. The lowest BCUT2D eigenvalue weighted by Crippen LogP contribution is -2.38. The summed E-state index contributed by atoms with van der Waals surface area (Å²) in [7, 11) is 1.52. The smallest absolute Gasteiger partial charge is 0.272 e. The van der Waals surface area contributed by atoms with Crippen molar-refractivity contribution in [2.75, 3.05) is 32.5 Å². The van der Waals surface area contributed by atoms with Gasteiger partial charge in [-0.1, -0.05) is 0 Å². The third-order valence-electron chi connectivity index (χ3n) is 6.65. The minimum Gasteiger partial charge on any atom is -0.496 e. The van der Waals surface area contributed by atoms with Crippen LogP contribution < -0.4 is 15.2 Å². The number of methoxy groups -OCH3 is 1. The molecule has 2 aliphatic rings. The molecule has 36 heavy (non-hydrogen) atoms. The predicted octanol–water partition coefficient (Wildman–Crippen LogP) is 3.58. The number of piperidine rings is 1. The van der Waals surface area contributed by atoms with E-state index >= 15 is 0 Å². The Labute approximate surface area is 206 Å². The summed E-state index contributed by atoms with van der Waals surface area (Å²) in [6, 6.07) is 8.61. The number of halogens is 2. The van der Waals surface area contributed by atoms with Crippen molar-refractivity contribution >= 4 is 11.7 Å². The van der Waals surface area contributed by atoms with Crippen LogP contribution >= 0.6 is 0 Å². The van der Waals surface area contributed by atoms with Gasteiger partial charge in [0, 0.05) is 61.1 Å². The fourth-order valence-electron chi connectivity index (χ4n) is 4.31. The Bertz CT molecular complexity index is 1230. The average Bonchev–Trinajstić information content (AvgIpc) is 3.53. The Morgan fingerprint density at radius 1 is 1.14 bits per heavy atom. The number of aromatic nitrogens is 4. The number of nitrogens with two attached hydrogens (primary N) is 1. The summed E-state index contributed by atoms with van der Waals surface area (Å²) in [5, 5.41) is 8.09. The van der Waals surface area contributed by atoms with E-state index in [-0.39, 0.29) is 30.7 Å². The lowest BCUT2D eigenvalue weighted by molar-refractivity contribution is 0.0705. The topological polar surface area (TPSA) is 116 Å². The molecule has 3 aromatic heterocycles. The van der Waals surface area contributed by atoms with E-state index in [0.29, 0.717) is 41.5 Å². The fourth-order valence-corrected chi connectivity index (χ4v) is 4.31. The van der Waals surface area contributed by atoms with Gasteiger partial charge in [0.25, 0.3) is 11.8 Å². The van der Waals surface area contributed by atoms with Crippen LogP contribution in [0.1, 0.15) is 41.4 Å². The number of pyridine rings is 2. The molecule has 188 valence electrons. The zero-order valence-corrected chi connectivity index (χ0v) is 19.7. The number of alkyl halides is 2. The van der Waals surface area contributed by atoms with Crippen LogP contribution in [0.2, 0.25) is 0 Å². The molecule has 1 aliphatic heterocycles. The van der Waals surface area contributed by atoms with Crippen molar-refractivity contribution in [3.05, 3.63) is 54.1 Å². The second-order valence-corrected chi connectivity index (χ2v) is 9.08. The van der Waals surface area contributed by atoms with Crippen LogP contribution in [0.5, 0.6) is 11.6 Å². The van der Waals surface area contributed by atoms with Gasteiger partial charge < -0.3 is 20.1 Å². The van der Waals surface area contributed by atoms with E-state index in [4.69, 9.17) is 15.2 Å². The molecule has 9 nitrogen and oxygen atoms in total. The number of carbonyl (C=O) groups excluding carboxylic acids is 1. The van der Waals surface area contributed by atoms with Gasteiger partial charge in [-0.15, -0.1) is 5.10 Å². The third-order valence-corrected chi connectivity index (χ3v) is 6.65. The van der Waals surface area contributed by atoms with Crippen molar-refractivity contribution in [1.82, 2.24) is 25.1 Å². The van der Waals surface area contributed by atoms with Gasteiger partial charge in [0.1, 0.15) is 17.3 Å². The van der Waals surface area contributed by atoms with E-state index in [1.807, 2.05) is 6.07 Å². The van der Waals surface area contributed by atoms with Crippen LogP contribution in [0.4, 0.5) is 14.6 Å². The summed E-state index contributed by atoms with van der Waals surface area (Å²) in [6.45, 7) is 1.10. The molecule has 1 amide bonds. The van der Waals surface area contributed by atoms with E-state index in [1.165, 1.54) is 7.11 Å². The summed E-state index contributed by atoms with van der Waals surface area (Å²) in [6.07, 6.45) is 4.54. The molecule has 5 rings (SSSR count). The Hall–Kier alpha value is -3.89. The van der Waals surface area contributed by atoms with Crippen molar-refractivity contribution in [2.24, 2.45) is 5.92 Å². The molecule has 2 N–H and O–H groups in total. The van der Waals surface area contributed by atoms with Crippen molar-refractivity contribution in [2.45, 2.75) is 31.1 Å². The maximum absolute atomic E-state index is 13.1. The van der Waals surface area contributed by atoms with E-state index in [1.54, 1.807) is 41.6 Å². The fraction of sp³-hybridized carbons (Fsp3) is 0.400. The zero-order chi connectivity index (χ0) is 25.3. The van der Waals surface area contributed by atoms with Crippen LogP contribution in [-0.4, -0.2) is 63.7 Å². The first kappa shape index (κ1) is 23.8. The Morgan fingerprint density at radius 3 is 2.53 bits per heavy atom. The lowest BCUT2D eigenvalue weighted by Gasteiger charge is -2.31. The van der Waals surface area contributed by atoms with Crippen LogP contribution in [0.3, 0.4) is 0 Å². The third kappa shape index (κ3) is 5.05. The summed E-state index contributed by atoms with van der Waals surface area (Å²) in [4.78, 5) is 23.5. The molecule has 0 radical (unpaired) electrons. The maximum atomic E-state index is 13.1. The van der Waals surface area contributed by atoms with Crippen LogP contribution in [0, 0.1) is 5.92 Å². The number of likely N-dealkylation sites (tertiary alicyclic amines) is 1. The van der Waals surface area contributed by atoms with Crippen LogP contribution in [0.15, 0.2) is 42.7 Å². The Morgan fingerprint density at radius 2 is 1.92 bits per heavy atom. The minimum absolute atomic E-state index is 0.0638. The molecule has 3 aromatic rings. The number of ether oxygens (including phenoxy) is 2. The van der Waals surface area contributed by atoms with Crippen molar-refractivity contribution in [1.29, 1.82) is 0 Å². The molecule has 0 aromatic carbocycles. The average molecular weight is 497 g/mol. The number of carbonyl (C=O) groups is 1. The molecule has 1 atom stereocenters. The van der Waals surface area contributed by atoms with E-state index in [2.05, 4.69) is 20.2 Å². The highest BCUT2D eigenvalue weighted by atomic mass is 19.3. The van der Waals surface area contributed by atoms with Gasteiger partial charge in [-0.05, 0) is 31.0 Å². The highest BCUT2D eigenvalue weighted by Crippen LogP contribution is 2.48. The second-order valence-electron chi connectivity index (χ2n) is 9.08. The number of nitrogens with zero attached hydrogens (tertiary/aromatic N) is 5. The van der Waals surface area contributed by atoms with Gasteiger partial charge in [-0.25, -0.2) is 13.8 Å². The molecule has 4 heterocycles. The Kier molecular flexibility index (Phi) is 6.38. The molecule has 0 spiro atoms. The van der Waals surface area contributed by atoms with Gasteiger partial charge in [0.05, 0.1) is 25.3 Å². The zero-order valence-electron chi connectivity index (χ0n) is 19.7. The van der Waals surface area contributed by atoms with Crippen LogP contribution in [0.25, 0.3) is 11.1 Å². The largest absolute Gasteiger partial charge is 0.496 e. The number of nitrogen functional groups attached to an aromatic ring is 1. The quantitative estimate of drug-likeness (QED) is 0.528. The first-order valence-corrected chi connectivity index (χ1v) is 11.7. The maximum Gasteiger partial charge on any atom is 0.272 e. The molecule has 2 fully saturated rings. The van der Waals surface area contributed by atoms with Crippen molar-refractivity contribution in [3.8, 4) is 22.8 Å². The molecular weight excluding hydrogens is 470 g/mol. The summed E-state index contributed by atoms with van der Waals surface area (Å²) in [5.41, 5.74) is 8.15. The van der Waals surface area contributed by atoms with Gasteiger partial charge in [0.15, 0.2) is 0 Å². The highest BCUT2D eigenvalue weighted by Gasteiger charge is 2.57. The Balaban J connectivity index is 1.22. The molecule has 1 saturated carbocycles. The minimum atomic E-state index is -2.63. The standard InChI is InChI=1S/C25H26F2N6O3/c1-35-21-10-20(24(34)33-8-6-15(7-9-33)19-3-4-22(28)32-31-19)29-13-18(21)16-2-5-23(30-12-16)36-14-17-11-25(17,26)27/h2-5,10,12-13,15,17H,6-9,11,14H2,1H3,(H2,28,32). The number of hydrogen-bond acceptors (Lipinski definition) is 8. The second kappa shape index (κ2) is 9.63. The van der Waals surface area contributed by atoms with Gasteiger partial charge in [-0.3, -0.25) is 9.78 Å². The molecule has 1 saturated heterocycles. The number of hydrogen-bond donors (Lipinski definition) is 1. The molecular formula is C25H26F2N6O3. The first-order valence-electron chi connectivity index (χ1n) is 11.7. The highest BCUT2D eigenvalue weighted by molar-refractivity contribution is 5.93. The molecule has 0 bridgehead atoms. The first-order chi connectivity index (χ1) is 17.3. The summed E-state index contributed by atoms with van der Waals surface area (Å²) in [5.74, 6) is -2.17. The van der Waals surface area contributed by atoms with E-state index < -0.39 is 11.8 Å². The number of anilines is 1. The van der Waals surface area contributed by atoms with Gasteiger partial charge in [-0.2, -0.15) is 5.10 Å². The van der Waals surface area contributed by atoms with Crippen LogP contribution in [-0.2, 0) is 0 Å².